The van der Waals surface area contributed by atoms with Crippen molar-refractivity contribution in [2.75, 3.05) is 0 Å². The molecule has 21 heavy (non-hydrogen) atoms. The summed E-state index contributed by atoms with van der Waals surface area (Å²) < 4.78 is 1.85. The molecule has 6 heteroatoms. The Bertz CT molecular complexity index is 688. The number of nitrogens with two attached hydrogens (primary N) is 1. The van der Waals surface area contributed by atoms with Gasteiger partial charge in [-0.1, -0.05) is 13.8 Å². The Balaban J connectivity index is 2.03. The summed E-state index contributed by atoms with van der Waals surface area (Å²) in [5.41, 5.74) is 9.45. The molecular weight excluding hydrogens is 268 g/mol. The highest BCUT2D eigenvalue weighted by atomic mass is 16.6. The highest BCUT2D eigenvalue weighted by Crippen LogP contribution is 2.40. The van der Waals surface area contributed by atoms with Crippen molar-refractivity contribution in [2.24, 2.45) is 11.1 Å². The summed E-state index contributed by atoms with van der Waals surface area (Å²) in [6.07, 6.45) is 3.65. The molecule has 1 aromatic heterocycles. The minimum Gasteiger partial charge on any atom is -0.324 e. The van der Waals surface area contributed by atoms with Gasteiger partial charge in [0.15, 0.2) is 0 Å². The van der Waals surface area contributed by atoms with Gasteiger partial charge in [-0.05, 0) is 30.4 Å². The Morgan fingerprint density at radius 3 is 2.67 bits per heavy atom. The molecule has 1 heterocycles. The predicted octanol–water partition coefficient (Wildman–Crippen LogP) is 2.75. The number of non-ortho nitro benzene ring substituents is 1. The van der Waals surface area contributed by atoms with Crippen molar-refractivity contribution in [1.29, 1.82) is 0 Å². The van der Waals surface area contributed by atoms with E-state index >= 15 is 0 Å². The Morgan fingerprint density at radius 1 is 1.38 bits per heavy atom. The smallest absolute Gasteiger partial charge is 0.269 e. The van der Waals surface area contributed by atoms with Crippen molar-refractivity contribution in [2.45, 2.75) is 32.7 Å². The normalized spacial score (nSPS) is 20.0. The van der Waals surface area contributed by atoms with Gasteiger partial charge in [0.2, 0.25) is 0 Å². The van der Waals surface area contributed by atoms with Crippen LogP contribution in [0.25, 0.3) is 5.69 Å². The second-order valence-corrected chi connectivity index (χ2v) is 6.38. The van der Waals surface area contributed by atoms with Crippen LogP contribution in [0.4, 0.5) is 5.69 Å². The fourth-order valence-electron chi connectivity index (χ4n) is 3.04. The van der Waals surface area contributed by atoms with Crippen LogP contribution in [0.15, 0.2) is 30.5 Å². The zero-order valence-electron chi connectivity index (χ0n) is 12.1. The van der Waals surface area contributed by atoms with Crippen LogP contribution in [0.2, 0.25) is 0 Å². The Hall–Kier alpha value is -2.21. The zero-order valence-corrected chi connectivity index (χ0v) is 12.1. The standard InChI is InChI=1S/C15H18N4O2/c1-15(2)7-13(16)12-9-17-18(14(12)8-15)10-3-5-11(6-4-10)19(20)21/h3-6,9,13H,7-8,16H2,1-2H3. The molecule has 3 rings (SSSR count). The molecule has 0 fully saturated rings. The monoisotopic (exact) mass is 286 g/mol. The second-order valence-electron chi connectivity index (χ2n) is 6.38. The molecule has 0 radical (unpaired) electrons. The number of nitrogens with zero attached hydrogens (tertiary/aromatic N) is 3. The van der Waals surface area contributed by atoms with E-state index in [-0.39, 0.29) is 17.1 Å². The van der Waals surface area contributed by atoms with Gasteiger partial charge < -0.3 is 5.73 Å². The average Bonchev–Trinajstić information content (AvgIpc) is 2.81. The Morgan fingerprint density at radius 2 is 2.05 bits per heavy atom. The molecule has 1 unspecified atom stereocenters. The van der Waals surface area contributed by atoms with E-state index in [9.17, 15) is 10.1 Å². The molecule has 1 aromatic carbocycles. The van der Waals surface area contributed by atoms with Crippen molar-refractivity contribution in [3.8, 4) is 5.69 Å². The minimum absolute atomic E-state index is 0.00412. The van der Waals surface area contributed by atoms with E-state index in [4.69, 9.17) is 5.73 Å². The van der Waals surface area contributed by atoms with E-state index in [1.165, 1.54) is 12.1 Å². The van der Waals surface area contributed by atoms with Crippen LogP contribution in [0.3, 0.4) is 0 Å². The molecule has 0 saturated carbocycles. The third kappa shape index (κ3) is 2.42. The van der Waals surface area contributed by atoms with Crippen molar-refractivity contribution in [1.82, 2.24) is 9.78 Å². The molecule has 1 aliphatic rings. The number of nitro benzene ring substituents is 1. The molecule has 2 N–H and O–H groups in total. The molecule has 0 amide bonds. The highest BCUT2D eigenvalue weighted by molar-refractivity contribution is 5.43. The third-order valence-corrected chi connectivity index (χ3v) is 4.02. The van der Waals surface area contributed by atoms with E-state index in [1.807, 2.05) is 10.9 Å². The number of hydrogen-bond acceptors (Lipinski definition) is 4. The summed E-state index contributed by atoms with van der Waals surface area (Å²) in [6, 6.07) is 6.43. The lowest BCUT2D eigenvalue weighted by Gasteiger charge is -2.33. The van der Waals surface area contributed by atoms with Gasteiger partial charge in [0, 0.05) is 29.4 Å². The van der Waals surface area contributed by atoms with Gasteiger partial charge in [-0.15, -0.1) is 0 Å². The zero-order chi connectivity index (χ0) is 15.2. The SMILES string of the molecule is CC1(C)Cc2c(cnn2-c2ccc([N+](=O)[O-])cc2)C(N)C1. The van der Waals surface area contributed by atoms with Gasteiger partial charge in [0.1, 0.15) is 0 Å². The number of hydrogen-bond donors (Lipinski definition) is 1. The highest BCUT2D eigenvalue weighted by Gasteiger charge is 2.33. The first-order valence-corrected chi connectivity index (χ1v) is 6.95. The molecule has 0 saturated heterocycles. The molecule has 0 aliphatic heterocycles. The summed E-state index contributed by atoms with van der Waals surface area (Å²) in [5.74, 6) is 0. The first-order chi connectivity index (χ1) is 9.87. The van der Waals surface area contributed by atoms with E-state index in [2.05, 4.69) is 18.9 Å². The maximum absolute atomic E-state index is 10.7. The molecule has 0 spiro atoms. The Labute approximate surface area is 122 Å². The van der Waals surface area contributed by atoms with E-state index < -0.39 is 4.92 Å². The van der Waals surface area contributed by atoms with Crippen LogP contribution >= 0.6 is 0 Å². The number of aromatic nitrogens is 2. The second kappa shape index (κ2) is 4.66. The predicted molar refractivity (Wildman–Crippen MR) is 79.2 cm³/mol. The van der Waals surface area contributed by atoms with Crippen LogP contribution in [0.5, 0.6) is 0 Å². The number of rotatable bonds is 2. The summed E-state index contributed by atoms with van der Waals surface area (Å²) in [4.78, 5) is 10.3. The van der Waals surface area contributed by atoms with Crippen LogP contribution in [-0.2, 0) is 6.42 Å². The maximum atomic E-state index is 10.7. The molecule has 1 atom stereocenters. The fraction of sp³-hybridized carbons (Fsp3) is 0.400. The van der Waals surface area contributed by atoms with Crippen molar-refractivity contribution < 1.29 is 4.92 Å². The van der Waals surface area contributed by atoms with Crippen LogP contribution in [-0.4, -0.2) is 14.7 Å². The number of fused-ring (bicyclic) bond motifs is 1. The fourth-order valence-corrected chi connectivity index (χ4v) is 3.04. The Kier molecular flexibility index (Phi) is 3.06. The average molecular weight is 286 g/mol. The van der Waals surface area contributed by atoms with E-state index in [1.54, 1.807) is 12.1 Å². The van der Waals surface area contributed by atoms with Crippen molar-refractivity contribution >= 4 is 5.69 Å². The van der Waals surface area contributed by atoms with E-state index in [0.717, 1.165) is 29.8 Å². The topological polar surface area (TPSA) is 87.0 Å². The first kappa shape index (κ1) is 13.8. The van der Waals surface area contributed by atoms with Gasteiger partial charge in [0.05, 0.1) is 16.8 Å². The maximum Gasteiger partial charge on any atom is 0.269 e. The largest absolute Gasteiger partial charge is 0.324 e. The third-order valence-electron chi connectivity index (χ3n) is 4.02. The van der Waals surface area contributed by atoms with Gasteiger partial charge >= 0.3 is 0 Å². The summed E-state index contributed by atoms with van der Waals surface area (Å²) in [6.45, 7) is 4.39. The molecule has 110 valence electrons. The minimum atomic E-state index is -0.401. The lowest BCUT2D eigenvalue weighted by atomic mass is 9.74. The van der Waals surface area contributed by atoms with Crippen molar-refractivity contribution in [3.05, 3.63) is 51.8 Å². The van der Waals surface area contributed by atoms with Crippen LogP contribution in [0, 0.1) is 15.5 Å². The van der Waals surface area contributed by atoms with Gasteiger partial charge in [-0.2, -0.15) is 5.10 Å². The number of nitro groups is 1. The molecule has 1 aliphatic carbocycles. The summed E-state index contributed by atoms with van der Waals surface area (Å²) >= 11 is 0. The van der Waals surface area contributed by atoms with Gasteiger partial charge in [-0.25, -0.2) is 4.68 Å². The molecule has 6 nitrogen and oxygen atoms in total. The number of benzene rings is 1. The summed E-state index contributed by atoms with van der Waals surface area (Å²) in [5, 5.41) is 15.2. The lowest BCUT2D eigenvalue weighted by Crippen LogP contribution is -2.30. The quantitative estimate of drug-likeness (QED) is 0.679. The van der Waals surface area contributed by atoms with Gasteiger partial charge in [0.25, 0.3) is 5.69 Å². The van der Waals surface area contributed by atoms with E-state index in [0.29, 0.717) is 0 Å². The van der Waals surface area contributed by atoms with Crippen molar-refractivity contribution in [3.63, 3.8) is 0 Å². The first-order valence-electron chi connectivity index (χ1n) is 6.95. The lowest BCUT2D eigenvalue weighted by molar-refractivity contribution is -0.384. The molecule has 0 bridgehead atoms. The molecule has 2 aromatic rings. The summed E-state index contributed by atoms with van der Waals surface area (Å²) in [7, 11) is 0. The van der Waals surface area contributed by atoms with Crippen LogP contribution in [0.1, 0.15) is 37.6 Å². The molecular formula is C15H18N4O2. The van der Waals surface area contributed by atoms with Crippen LogP contribution < -0.4 is 5.73 Å². The van der Waals surface area contributed by atoms with Gasteiger partial charge in [-0.3, -0.25) is 10.1 Å².